The van der Waals surface area contributed by atoms with Crippen LogP contribution in [-0.2, 0) is 0 Å². The maximum absolute atomic E-state index is 10.5. The Labute approximate surface area is 112 Å². The quantitative estimate of drug-likeness (QED) is 0.761. The van der Waals surface area contributed by atoms with Gasteiger partial charge in [0.1, 0.15) is 0 Å². The number of hydrogen-bond donors (Lipinski definition) is 2. The van der Waals surface area contributed by atoms with E-state index in [1.54, 1.807) is 0 Å². The minimum Gasteiger partial charge on any atom is -0.389 e. The average molecular weight is 254 g/mol. The van der Waals surface area contributed by atoms with Crippen molar-refractivity contribution >= 4 is 0 Å². The normalized spacial score (nSPS) is 29.5. The molecule has 1 aliphatic heterocycles. The topological polar surface area (TPSA) is 35.5 Å². The Morgan fingerprint density at radius 2 is 2.00 bits per heavy atom. The molecule has 0 spiro atoms. The van der Waals surface area contributed by atoms with E-state index >= 15 is 0 Å². The number of rotatable bonds is 6. The summed E-state index contributed by atoms with van der Waals surface area (Å²) in [5.41, 5.74) is -0.560. The Bertz CT molecular complexity index is 261. The fourth-order valence-corrected chi connectivity index (χ4v) is 2.68. The molecule has 0 amide bonds. The average Bonchev–Trinajstić information content (AvgIpc) is 3.11. The molecule has 0 aromatic rings. The van der Waals surface area contributed by atoms with Gasteiger partial charge >= 0.3 is 0 Å². The minimum atomic E-state index is -0.560. The van der Waals surface area contributed by atoms with E-state index in [1.165, 1.54) is 32.1 Å². The predicted octanol–water partition coefficient (Wildman–Crippen LogP) is 2.00. The van der Waals surface area contributed by atoms with Crippen molar-refractivity contribution in [3.05, 3.63) is 0 Å². The Morgan fingerprint density at radius 1 is 1.28 bits per heavy atom. The molecule has 2 N–H and O–H groups in total. The number of hydrogen-bond acceptors (Lipinski definition) is 3. The van der Waals surface area contributed by atoms with E-state index in [0.29, 0.717) is 12.0 Å². The van der Waals surface area contributed by atoms with Gasteiger partial charge in [-0.1, -0.05) is 20.3 Å². The summed E-state index contributed by atoms with van der Waals surface area (Å²) >= 11 is 0. The lowest BCUT2D eigenvalue weighted by Gasteiger charge is -2.41. The molecule has 0 aromatic carbocycles. The molecule has 1 saturated heterocycles. The summed E-state index contributed by atoms with van der Waals surface area (Å²) in [5.74, 6) is 0.316. The van der Waals surface area contributed by atoms with Crippen LogP contribution in [0.15, 0.2) is 0 Å². The first-order chi connectivity index (χ1) is 8.49. The fraction of sp³-hybridized carbons (Fsp3) is 1.00. The van der Waals surface area contributed by atoms with Crippen LogP contribution >= 0.6 is 0 Å². The summed E-state index contributed by atoms with van der Waals surface area (Å²) in [4.78, 5) is 2.51. The molecule has 3 nitrogen and oxygen atoms in total. The third-order valence-electron chi connectivity index (χ3n) is 4.74. The molecule has 106 valence electrons. The first kappa shape index (κ1) is 14.3. The third-order valence-corrected chi connectivity index (χ3v) is 4.74. The molecule has 2 rings (SSSR count). The van der Waals surface area contributed by atoms with E-state index in [2.05, 4.69) is 24.1 Å². The van der Waals surface area contributed by atoms with Gasteiger partial charge in [0.15, 0.2) is 0 Å². The molecule has 3 heteroatoms. The first-order valence-electron chi connectivity index (χ1n) is 7.69. The SMILES string of the molecule is CC(C)C(C)(O)CN1CCCCC1CNC1CC1. The summed E-state index contributed by atoms with van der Waals surface area (Å²) in [6.07, 6.45) is 6.63. The molecule has 2 aliphatic rings. The lowest BCUT2D eigenvalue weighted by atomic mass is 9.90. The summed E-state index contributed by atoms with van der Waals surface area (Å²) < 4.78 is 0. The monoisotopic (exact) mass is 254 g/mol. The van der Waals surface area contributed by atoms with E-state index in [9.17, 15) is 5.11 Å². The van der Waals surface area contributed by atoms with Crippen molar-refractivity contribution in [2.75, 3.05) is 19.6 Å². The number of β-amino-alcohol motifs (C(OH)–C–C–N with tert-alkyl or cyclic N) is 1. The molecule has 1 heterocycles. The van der Waals surface area contributed by atoms with Crippen molar-refractivity contribution in [1.82, 2.24) is 10.2 Å². The van der Waals surface area contributed by atoms with Crippen LogP contribution in [-0.4, -0.2) is 47.3 Å². The maximum Gasteiger partial charge on any atom is 0.0768 e. The van der Waals surface area contributed by atoms with Gasteiger partial charge in [0, 0.05) is 25.2 Å². The molecule has 18 heavy (non-hydrogen) atoms. The molecular weight excluding hydrogens is 224 g/mol. The van der Waals surface area contributed by atoms with Gasteiger partial charge in [-0.25, -0.2) is 0 Å². The second kappa shape index (κ2) is 5.89. The highest BCUT2D eigenvalue weighted by atomic mass is 16.3. The van der Waals surface area contributed by atoms with Gasteiger partial charge in [-0.3, -0.25) is 4.90 Å². The van der Waals surface area contributed by atoms with Crippen molar-refractivity contribution < 1.29 is 5.11 Å². The van der Waals surface area contributed by atoms with Crippen LogP contribution in [0.5, 0.6) is 0 Å². The first-order valence-corrected chi connectivity index (χ1v) is 7.69. The van der Waals surface area contributed by atoms with E-state index in [-0.39, 0.29) is 0 Å². The zero-order valence-corrected chi connectivity index (χ0v) is 12.3. The smallest absolute Gasteiger partial charge is 0.0768 e. The van der Waals surface area contributed by atoms with E-state index in [4.69, 9.17) is 0 Å². The van der Waals surface area contributed by atoms with Crippen molar-refractivity contribution in [3.8, 4) is 0 Å². The van der Waals surface area contributed by atoms with Crippen molar-refractivity contribution in [2.45, 2.75) is 70.6 Å². The lowest BCUT2D eigenvalue weighted by molar-refractivity contribution is -0.0356. The molecule has 2 unspecified atom stereocenters. The zero-order chi connectivity index (χ0) is 13.2. The third kappa shape index (κ3) is 3.94. The molecule has 1 saturated carbocycles. The molecule has 2 fully saturated rings. The van der Waals surface area contributed by atoms with Crippen LogP contribution in [0.2, 0.25) is 0 Å². The van der Waals surface area contributed by atoms with Crippen LogP contribution in [0.25, 0.3) is 0 Å². The highest BCUT2D eigenvalue weighted by Crippen LogP contribution is 2.25. The van der Waals surface area contributed by atoms with Crippen LogP contribution in [0, 0.1) is 5.92 Å². The van der Waals surface area contributed by atoms with Gasteiger partial charge in [0.05, 0.1) is 5.60 Å². The van der Waals surface area contributed by atoms with Gasteiger partial charge in [-0.05, 0) is 45.1 Å². The molecule has 0 aromatic heterocycles. The Kier molecular flexibility index (Phi) is 4.68. The van der Waals surface area contributed by atoms with Gasteiger partial charge in [0.2, 0.25) is 0 Å². The second-order valence-electron chi connectivity index (χ2n) is 6.81. The minimum absolute atomic E-state index is 0.316. The Morgan fingerprint density at radius 3 is 2.61 bits per heavy atom. The number of likely N-dealkylation sites (tertiary alicyclic amines) is 1. The highest BCUT2D eigenvalue weighted by molar-refractivity contribution is 4.89. The molecule has 1 aliphatic carbocycles. The molecule has 0 radical (unpaired) electrons. The van der Waals surface area contributed by atoms with E-state index in [1.807, 2.05) is 6.92 Å². The number of piperidine rings is 1. The predicted molar refractivity (Wildman–Crippen MR) is 75.7 cm³/mol. The van der Waals surface area contributed by atoms with Crippen LogP contribution in [0.4, 0.5) is 0 Å². The van der Waals surface area contributed by atoms with Crippen LogP contribution in [0.3, 0.4) is 0 Å². The van der Waals surface area contributed by atoms with Gasteiger partial charge < -0.3 is 10.4 Å². The standard InChI is InChI=1S/C15H30N2O/c1-12(2)15(3,18)11-17-9-5-4-6-14(17)10-16-13-7-8-13/h12-14,16,18H,4-11H2,1-3H3. The van der Waals surface area contributed by atoms with Gasteiger partial charge in [-0.15, -0.1) is 0 Å². The van der Waals surface area contributed by atoms with Gasteiger partial charge in [-0.2, -0.15) is 0 Å². The van der Waals surface area contributed by atoms with Crippen LogP contribution in [0.1, 0.15) is 52.9 Å². The fourth-order valence-electron chi connectivity index (χ4n) is 2.68. The summed E-state index contributed by atoms with van der Waals surface area (Å²) in [7, 11) is 0. The van der Waals surface area contributed by atoms with Gasteiger partial charge in [0.25, 0.3) is 0 Å². The van der Waals surface area contributed by atoms with Crippen molar-refractivity contribution in [2.24, 2.45) is 5.92 Å². The number of nitrogens with one attached hydrogen (secondary N) is 1. The Balaban J connectivity index is 1.85. The van der Waals surface area contributed by atoms with E-state index < -0.39 is 5.60 Å². The molecule has 0 bridgehead atoms. The molecule has 2 atom stereocenters. The number of nitrogens with zero attached hydrogens (tertiary/aromatic N) is 1. The van der Waals surface area contributed by atoms with Crippen molar-refractivity contribution in [1.29, 1.82) is 0 Å². The van der Waals surface area contributed by atoms with Crippen molar-refractivity contribution in [3.63, 3.8) is 0 Å². The highest BCUT2D eigenvalue weighted by Gasteiger charge is 2.32. The molecular formula is C15H30N2O. The lowest BCUT2D eigenvalue weighted by Crippen LogP contribution is -2.53. The zero-order valence-electron chi connectivity index (χ0n) is 12.3. The maximum atomic E-state index is 10.5. The second-order valence-corrected chi connectivity index (χ2v) is 6.81. The number of aliphatic hydroxyl groups is 1. The Hall–Kier alpha value is -0.120. The van der Waals surface area contributed by atoms with Crippen LogP contribution < -0.4 is 5.32 Å². The van der Waals surface area contributed by atoms with E-state index in [0.717, 1.165) is 25.7 Å². The summed E-state index contributed by atoms with van der Waals surface area (Å²) in [5, 5.41) is 14.1. The summed E-state index contributed by atoms with van der Waals surface area (Å²) in [6.45, 7) is 9.29. The largest absolute Gasteiger partial charge is 0.389 e. The summed E-state index contributed by atoms with van der Waals surface area (Å²) in [6, 6.07) is 1.42.